The molecule has 1 heterocycles. The van der Waals surface area contributed by atoms with Gasteiger partial charge in [-0.15, -0.1) is 11.8 Å². The van der Waals surface area contributed by atoms with E-state index in [0.29, 0.717) is 6.54 Å². The third kappa shape index (κ3) is 2.82. The maximum Gasteiger partial charge on any atom is 0.220 e. The Balaban J connectivity index is 1.85. The Kier molecular flexibility index (Phi) is 4.56. The molecule has 0 bridgehead atoms. The minimum atomic E-state index is -0.440. The molecule has 1 atom stereocenters. The van der Waals surface area contributed by atoms with Gasteiger partial charge in [-0.1, -0.05) is 72.8 Å². The van der Waals surface area contributed by atoms with Crippen molar-refractivity contribution in [2.75, 3.05) is 5.75 Å². The van der Waals surface area contributed by atoms with E-state index in [9.17, 15) is 4.79 Å². The molecule has 0 spiro atoms. The first-order chi connectivity index (χ1) is 12.7. The third-order valence-electron chi connectivity index (χ3n) is 5.07. The van der Waals surface area contributed by atoms with E-state index in [0.717, 1.165) is 5.75 Å². The van der Waals surface area contributed by atoms with E-state index < -0.39 is 5.54 Å². The highest BCUT2D eigenvalue weighted by atomic mass is 32.2. The predicted octanol–water partition coefficient (Wildman–Crippen LogP) is 5.08. The molecular weight excluding hydrogens is 338 g/mol. The van der Waals surface area contributed by atoms with Crippen molar-refractivity contribution in [2.45, 2.75) is 23.9 Å². The Bertz CT molecular complexity index is 910. The number of benzene rings is 3. The van der Waals surface area contributed by atoms with Crippen LogP contribution in [0.3, 0.4) is 0 Å². The van der Waals surface area contributed by atoms with Gasteiger partial charge in [-0.2, -0.15) is 0 Å². The zero-order valence-electron chi connectivity index (χ0n) is 14.8. The van der Waals surface area contributed by atoms with Gasteiger partial charge in [0, 0.05) is 24.1 Å². The van der Waals surface area contributed by atoms with Crippen LogP contribution in [0.4, 0.5) is 0 Å². The van der Waals surface area contributed by atoms with Crippen LogP contribution in [0.15, 0.2) is 89.8 Å². The number of rotatable bonds is 4. The van der Waals surface area contributed by atoms with Crippen molar-refractivity contribution in [1.29, 1.82) is 0 Å². The minimum absolute atomic E-state index is 0.110. The SMILES string of the molecule is CC(=O)N1Cc2ccccc2C1(CSc1ccccc1)c1ccccc1. The molecule has 4 rings (SSSR count). The van der Waals surface area contributed by atoms with E-state index in [2.05, 4.69) is 72.8 Å². The van der Waals surface area contributed by atoms with Crippen LogP contribution in [0, 0.1) is 0 Å². The van der Waals surface area contributed by atoms with E-state index in [-0.39, 0.29) is 5.91 Å². The van der Waals surface area contributed by atoms with Crippen LogP contribution >= 0.6 is 11.8 Å². The third-order valence-corrected chi connectivity index (χ3v) is 6.24. The lowest BCUT2D eigenvalue weighted by molar-refractivity contribution is -0.133. The van der Waals surface area contributed by atoms with Crippen molar-refractivity contribution >= 4 is 17.7 Å². The van der Waals surface area contributed by atoms with Crippen molar-refractivity contribution in [3.63, 3.8) is 0 Å². The highest BCUT2D eigenvalue weighted by molar-refractivity contribution is 7.99. The molecule has 1 unspecified atom stereocenters. The van der Waals surface area contributed by atoms with Crippen molar-refractivity contribution < 1.29 is 4.79 Å². The predicted molar refractivity (Wildman–Crippen MR) is 107 cm³/mol. The van der Waals surface area contributed by atoms with E-state index in [4.69, 9.17) is 0 Å². The van der Waals surface area contributed by atoms with E-state index in [1.165, 1.54) is 21.6 Å². The van der Waals surface area contributed by atoms with Crippen LogP contribution in [-0.4, -0.2) is 16.6 Å². The fourth-order valence-electron chi connectivity index (χ4n) is 3.86. The van der Waals surface area contributed by atoms with Gasteiger partial charge in [0.15, 0.2) is 0 Å². The summed E-state index contributed by atoms with van der Waals surface area (Å²) < 4.78 is 0. The normalized spacial score (nSPS) is 18.6. The minimum Gasteiger partial charge on any atom is -0.324 e. The molecule has 3 aromatic rings. The number of thioether (sulfide) groups is 1. The summed E-state index contributed by atoms with van der Waals surface area (Å²) in [4.78, 5) is 15.9. The molecule has 0 saturated carbocycles. The van der Waals surface area contributed by atoms with Gasteiger partial charge in [-0.25, -0.2) is 0 Å². The highest BCUT2D eigenvalue weighted by Gasteiger charge is 2.47. The average molecular weight is 359 g/mol. The summed E-state index contributed by atoms with van der Waals surface area (Å²) in [6, 6.07) is 29.3. The first kappa shape index (κ1) is 16.9. The molecule has 1 amide bonds. The summed E-state index contributed by atoms with van der Waals surface area (Å²) in [6.45, 7) is 2.34. The Labute approximate surface area is 158 Å². The van der Waals surface area contributed by atoms with Gasteiger partial charge in [0.1, 0.15) is 5.54 Å². The number of hydrogen-bond donors (Lipinski definition) is 0. The number of fused-ring (bicyclic) bond motifs is 1. The molecule has 0 N–H and O–H groups in total. The summed E-state index contributed by atoms with van der Waals surface area (Å²) in [6.07, 6.45) is 0. The molecule has 2 nitrogen and oxygen atoms in total. The van der Waals surface area contributed by atoms with Gasteiger partial charge in [-0.3, -0.25) is 4.79 Å². The average Bonchev–Trinajstić information content (AvgIpc) is 3.04. The molecule has 0 fully saturated rings. The van der Waals surface area contributed by atoms with Crippen LogP contribution in [0.1, 0.15) is 23.6 Å². The number of nitrogens with zero attached hydrogens (tertiary/aromatic N) is 1. The second-order valence-corrected chi connectivity index (χ2v) is 7.64. The van der Waals surface area contributed by atoms with Gasteiger partial charge in [-0.05, 0) is 28.8 Å². The van der Waals surface area contributed by atoms with Gasteiger partial charge in [0.2, 0.25) is 5.91 Å². The first-order valence-electron chi connectivity index (χ1n) is 8.82. The standard InChI is InChI=1S/C23H21NOS/c1-18(25)24-16-19-10-8-9-15-22(19)23(24,20-11-4-2-5-12-20)17-26-21-13-6-3-7-14-21/h2-15H,16-17H2,1H3. The first-order valence-corrected chi connectivity index (χ1v) is 9.80. The quantitative estimate of drug-likeness (QED) is 0.605. The molecule has 0 aromatic heterocycles. The Morgan fingerprint density at radius 3 is 2.23 bits per heavy atom. The smallest absolute Gasteiger partial charge is 0.220 e. The molecule has 1 aliphatic rings. The lowest BCUT2D eigenvalue weighted by Gasteiger charge is -2.39. The largest absolute Gasteiger partial charge is 0.324 e. The van der Waals surface area contributed by atoms with E-state index >= 15 is 0 Å². The molecule has 26 heavy (non-hydrogen) atoms. The van der Waals surface area contributed by atoms with Crippen molar-refractivity contribution in [3.05, 3.63) is 102 Å². The van der Waals surface area contributed by atoms with Crippen molar-refractivity contribution in [1.82, 2.24) is 4.90 Å². The molecule has 130 valence electrons. The van der Waals surface area contributed by atoms with Gasteiger partial charge in [0.25, 0.3) is 0 Å². The van der Waals surface area contributed by atoms with Gasteiger partial charge >= 0.3 is 0 Å². The molecule has 0 aliphatic carbocycles. The van der Waals surface area contributed by atoms with Crippen LogP contribution in [0.25, 0.3) is 0 Å². The monoisotopic (exact) mass is 359 g/mol. The molecule has 3 aromatic carbocycles. The lowest BCUT2D eigenvalue weighted by Crippen LogP contribution is -2.46. The summed E-state index contributed by atoms with van der Waals surface area (Å²) >= 11 is 1.80. The molecule has 0 saturated heterocycles. The number of hydrogen-bond acceptors (Lipinski definition) is 2. The molecule has 3 heteroatoms. The van der Waals surface area contributed by atoms with E-state index in [1.54, 1.807) is 18.7 Å². The fourth-order valence-corrected chi connectivity index (χ4v) is 5.06. The Morgan fingerprint density at radius 1 is 0.923 bits per heavy atom. The van der Waals surface area contributed by atoms with Crippen LogP contribution in [0.2, 0.25) is 0 Å². The molecule has 1 aliphatic heterocycles. The van der Waals surface area contributed by atoms with Crippen molar-refractivity contribution in [2.24, 2.45) is 0 Å². The van der Waals surface area contributed by atoms with Gasteiger partial charge in [0.05, 0.1) is 0 Å². The summed E-state index contributed by atoms with van der Waals surface area (Å²) in [7, 11) is 0. The maximum absolute atomic E-state index is 12.6. The summed E-state index contributed by atoms with van der Waals surface area (Å²) in [5, 5.41) is 0. The maximum atomic E-state index is 12.6. The van der Waals surface area contributed by atoms with Crippen LogP contribution in [0.5, 0.6) is 0 Å². The Hall–Kier alpha value is -2.52. The van der Waals surface area contributed by atoms with E-state index in [1.807, 2.05) is 17.0 Å². The lowest BCUT2D eigenvalue weighted by atomic mass is 9.84. The summed E-state index contributed by atoms with van der Waals surface area (Å²) in [5.74, 6) is 0.899. The molecular formula is C23H21NOS. The zero-order valence-corrected chi connectivity index (χ0v) is 15.6. The zero-order chi connectivity index (χ0) is 18.0. The Morgan fingerprint density at radius 2 is 1.54 bits per heavy atom. The fraction of sp³-hybridized carbons (Fsp3) is 0.174. The number of carbonyl (C=O) groups excluding carboxylic acids is 1. The van der Waals surface area contributed by atoms with Crippen LogP contribution in [-0.2, 0) is 16.9 Å². The second kappa shape index (κ2) is 7.00. The second-order valence-electron chi connectivity index (χ2n) is 6.59. The number of carbonyl (C=O) groups is 1. The highest BCUT2D eigenvalue weighted by Crippen LogP contribution is 2.47. The van der Waals surface area contributed by atoms with Crippen molar-refractivity contribution in [3.8, 4) is 0 Å². The number of amides is 1. The summed E-state index contributed by atoms with van der Waals surface area (Å²) in [5.41, 5.74) is 3.21. The van der Waals surface area contributed by atoms with Crippen LogP contribution < -0.4 is 0 Å². The van der Waals surface area contributed by atoms with Gasteiger partial charge < -0.3 is 4.90 Å². The molecule has 0 radical (unpaired) electrons. The topological polar surface area (TPSA) is 20.3 Å².